The molecule has 3 aromatic rings. The quantitative estimate of drug-likeness (QED) is 0.686. The van der Waals surface area contributed by atoms with Crippen molar-refractivity contribution in [3.05, 3.63) is 75.1 Å². The van der Waals surface area contributed by atoms with E-state index in [4.69, 9.17) is 4.42 Å². The van der Waals surface area contributed by atoms with Crippen molar-refractivity contribution in [1.82, 2.24) is 0 Å². The van der Waals surface area contributed by atoms with Gasteiger partial charge in [0.15, 0.2) is 5.58 Å². The van der Waals surface area contributed by atoms with Crippen LogP contribution in [-0.4, -0.2) is 18.2 Å². The molecule has 1 fully saturated rings. The lowest BCUT2D eigenvalue weighted by molar-refractivity contribution is -0.922. The van der Waals surface area contributed by atoms with Crippen LogP contribution in [0.3, 0.4) is 0 Å². The highest BCUT2D eigenvalue weighted by atomic mass is 16.4. The summed E-state index contributed by atoms with van der Waals surface area (Å²) in [6.45, 7) is 7.13. The van der Waals surface area contributed by atoms with Gasteiger partial charge in [0, 0.05) is 23.3 Å². The van der Waals surface area contributed by atoms with Gasteiger partial charge >= 0.3 is 5.63 Å². The lowest BCUT2D eigenvalue weighted by Crippen LogP contribution is -3.12. The van der Waals surface area contributed by atoms with Gasteiger partial charge in [-0.2, -0.15) is 0 Å². The van der Waals surface area contributed by atoms with Gasteiger partial charge in [-0.05, 0) is 43.0 Å². The summed E-state index contributed by atoms with van der Waals surface area (Å²) in [6.07, 6.45) is 3.02. The molecule has 0 bridgehead atoms. The van der Waals surface area contributed by atoms with E-state index in [1.807, 2.05) is 43.3 Å². The third kappa shape index (κ3) is 3.69. The molecular weight excluding hydrogens is 350 g/mol. The van der Waals surface area contributed by atoms with Crippen molar-refractivity contribution in [2.45, 2.75) is 39.7 Å². The van der Waals surface area contributed by atoms with E-state index in [0.29, 0.717) is 30.0 Å². The Balaban J connectivity index is 1.75. The minimum atomic E-state index is -0.303. The Bertz CT molecular complexity index is 1040. The SMILES string of the molecule is Cc1c(Cc2ccccc2)c(=O)oc2c(C[NH+]3CCC[C@H](C)C3)c(O)ccc12. The number of rotatable bonds is 4. The number of likely N-dealkylation sites (tertiary alicyclic amines) is 1. The van der Waals surface area contributed by atoms with Gasteiger partial charge in [-0.25, -0.2) is 4.79 Å². The highest BCUT2D eigenvalue weighted by Gasteiger charge is 2.24. The van der Waals surface area contributed by atoms with Gasteiger partial charge in [-0.1, -0.05) is 37.3 Å². The molecule has 2 aromatic carbocycles. The summed E-state index contributed by atoms with van der Waals surface area (Å²) in [4.78, 5) is 14.3. The third-order valence-corrected chi connectivity index (χ3v) is 6.05. The summed E-state index contributed by atoms with van der Waals surface area (Å²) < 4.78 is 5.80. The zero-order chi connectivity index (χ0) is 19.7. The Hall–Kier alpha value is -2.59. The van der Waals surface area contributed by atoms with Crippen LogP contribution in [0.25, 0.3) is 11.0 Å². The second-order valence-corrected chi connectivity index (χ2v) is 8.22. The van der Waals surface area contributed by atoms with E-state index >= 15 is 0 Å². The Morgan fingerprint density at radius 3 is 2.68 bits per heavy atom. The number of hydrogen-bond acceptors (Lipinski definition) is 3. The highest BCUT2D eigenvalue weighted by Crippen LogP contribution is 2.29. The first kappa shape index (κ1) is 18.8. The van der Waals surface area contributed by atoms with Crippen molar-refractivity contribution in [2.24, 2.45) is 5.92 Å². The highest BCUT2D eigenvalue weighted by molar-refractivity contribution is 5.85. The van der Waals surface area contributed by atoms with Crippen molar-refractivity contribution < 1.29 is 14.4 Å². The third-order valence-electron chi connectivity index (χ3n) is 6.05. The Morgan fingerprint density at radius 2 is 1.93 bits per heavy atom. The summed E-state index contributed by atoms with van der Waals surface area (Å²) in [6, 6.07) is 13.6. The van der Waals surface area contributed by atoms with E-state index in [1.54, 1.807) is 6.07 Å². The summed E-state index contributed by atoms with van der Waals surface area (Å²) in [5.41, 5.74) is 3.72. The summed E-state index contributed by atoms with van der Waals surface area (Å²) in [5.74, 6) is 0.906. The molecule has 0 amide bonds. The van der Waals surface area contributed by atoms with E-state index < -0.39 is 0 Å². The van der Waals surface area contributed by atoms with E-state index in [0.717, 1.165) is 35.2 Å². The molecule has 4 heteroatoms. The van der Waals surface area contributed by atoms with Gasteiger partial charge in [0.1, 0.15) is 12.3 Å². The zero-order valence-electron chi connectivity index (χ0n) is 16.6. The first-order valence-electron chi connectivity index (χ1n) is 10.2. The predicted octanol–water partition coefficient (Wildman–Crippen LogP) is 3.21. The molecule has 2 N–H and O–H groups in total. The zero-order valence-corrected chi connectivity index (χ0v) is 16.6. The molecule has 0 spiro atoms. The molecule has 1 aliphatic heterocycles. The lowest BCUT2D eigenvalue weighted by Gasteiger charge is -2.28. The van der Waals surface area contributed by atoms with Gasteiger partial charge in [-0.15, -0.1) is 0 Å². The summed E-state index contributed by atoms with van der Waals surface area (Å²) >= 11 is 0. The maximum atomic E-state index is 12.8. The van der Waals surface area contributed by atoms with Crippen LogP contribution < -0.4 is 10.5 Å². The van der Waals surface area contributed by atoms with Gasteiger partial charge in [0.25, 0.3) is 0 Å². The maximum Gasteiger partial charge on any atom is 0.340 e. The van der Waals surface area contributed by atoms with Crippen molar-refractivity contribution >= 4 is 11.0 Å². The Kier molecular flexibility index (Phi) is 5.23. The number of benzene rings is 2. The molecule has 0 saturated carbocycles. The van der Waals surface area contributed by atoms with Gasteiger partial charge < -0.3 is 14.4 Å². The molecule has 4 nitrogen and oxygen atoms in total. The maximum absolute atomic E-state index is 12.8. The number of phenols is 1. The topological polar surface area (TPSA) is 54.9 Å². The number of piperidine rings is 1. The van der Waals surface area contributed by atoms with E-state index in [9.17, 15) is 9.90 Å². The Labute approximate surface area is 165 Å². The Morgan fingerprint density at radius 1 is 1.14 bits per heavy atom. The van der Waals surface area contributed by atoms with Crippen LogP contribution in [0.2, 0.25) is 0 Å². The molecule has 2 heterocycles. The average molecular weight is 378 g/mol. The second-order valence-electron chi connectivity index (χ2n) is 8.22. The number of phenolic OH excluding ortho intramolecular Hbond substituents is 1. The fourth-order valence-electron chi connectivity index (χ4n) is 4.48. The van der Waals surface area contributed by atoms with Gasteiger partial charge in [0.05, 0.1) is 18.7 Å². The molecule has 1 unspecified atom stereocenters. The van der Waals surface area contributed by atoms with Crippen LogP contribution in [0.15, 0.2) is 51.7 Å². The molecule has 1 aromatic heterocycles. The van der Waals surface area contributed by atoms with Crippen LogP contribution in [-0.2, 0) is 13.0 Å². The fourth-order valence-corrected chi connectivity index (χ4v) is 4.48. The van der Waals surface area contributed by atoms with Crippen LogP contribution in [0.5, 0.6) is 5.75 Å². The van der Waals surface area contributed by atoms with Crippen LogP contribution >= 0.6 is 0 Å². The largest absolute Gasteiger partial charge is 0.507 e. The number of quaternary nitrogens is 1. The smallest absolute Gasteiger partial charge is 0.340 e. The molecule has 146 valence electrons. The lowest BCUT2D eigenvalue weighted by atomic mass is 9.97. The van der Waals surface area contributed by atoms with E-state index in [2.05, 4.69) is 6.92 Å². The molecule has 2 atom stereocenters. The number of fused-ring (bicyclic) bond motifs is 1. The van der Waals surface area contributed by atoms with Gasteiger partial charge in [0.2, 0.25) is 0 Å². The van der Waals surface area contributed by atoms with Crippen molar-refractivity contribution in [1.29, 1.82) is 0 Å². The summed E-state index contributed by atoms with van der Waals surface area (Å²) in [7, 11) is 0. The molecular formula is C24H28NO3+. The predicted molar refractivity (Wildman–Crippen MR) is 111 cm³/mol. The number of aryl methyl sites for hydroxylation is 1. The second kappa shape index (κ2) is 7.80. The minimum Gasteiger partial charge on any atom is -0.507 e. The molecule has 0 radical (unpaired) electrons. The number of hydrogen-bond donors (Lipinski definition) is 2. The molecule has 1 aliphatic rings. The standard InChI is InChI=1S/C24H27NO3/c1-16-7-6-12-25(14-16)15-21-22(26)11-10-19-17(2)20(24(27)28-23(19)21)13-18-8-4-3-5-9-18/h3-5,8-11,16,26H,6-7,12-15H2,1-2H3/p+1/t16-/m0/s1. The van der Waals surface area contributed by atoms with Crippen molar-refractivity contribution in [2.75, 3.05) is 13.1 Å². The van der Waals surface area contributed by atoms with Crippen molar-refractivity contribution in [3.8, 4) is 5.75 Å². The molecule has 4 rings (SSSR count). The first-order valence-corrected chi connectivity index (χ1v) is 10.2. The first-order chi connectivity index (χ1) is 13.5. The van der Waals surface area contributed by atoms with Crippen LogP contribution in [0, 0.1) is 12.8 Å². The fraction of sp³-hybridized carbons (Fsp3) is 0.375. The van der Waals surface area contributed by atoms with Crippen LogP contribution in [0.1, 0.15) is 42.0 Å². The van der Waals surface area contributed by atoms with E-state index in [1.165, 1.54) is 17.7 Å². The normalized spacial score (nSPS) is 19.8. The molecule has 1 saturated heterocycles. The summed E-state index contributed by atoms with van der Waals surface area (Å²) in [5, 5.41) is 11.4. The van der Waals surface area contributed by atoms with Gasteiger partial charge in [-0.3, -0.25) is 0 Å². The van der Waals surface area contributed by atoms with E-state index in [-0.39, 0.29) is 11.4 Å². The number of nitrogens with one attached hydrogen (secondary N) is 1. The van der Waals surface area contributed by atoms with Crippen LogP contribution in [0.4, 0.5) is 0 Å². The monoisotopic (exact) mass is 378 g/mol. The minimum absolute atomic E-state index is 0.219. The number of aromatic hydroxyl groups is 1. The molecule has 28 heavy (non-hydrogen) atoms. The average Bonchev–Trinajstić information content (AvgIpc) is 2.68. The van der Waals surface area contributed by atoms with Crippen molar-refractivity contribution in [3.63, 3.8) is 0 Å². The molecule has 0 aliphatic carbocycles.